The summed E-state index contributed by atoms with van der Waals surface area (Å²) in [6.45, 7) is 2.85. The van der Waals surface area contributed by atoms with E-state index in [1.165, 1.54) is 19.3 Å². The number of anilines is 2. The van der Waals surface area contributed by atoms with Crippen LogP contribution in [0, 0.1) is 16.7 Å². The monoisotopic (exact) mass is 365 g/mol. The molecular weight excluding hydrogens is 342 g/mol. The molecular formula is C20H23N5O2. The molecule has 1 aliphatic carbocycles. The number of aliphatic hydroxyl groups is 1. The predicted octanol–water partition coefficient (Wildman–Crippen LogP) is 1.75. The minimum Gasteiger partial charge on any atom is -0.389 e. The van der Waals surface area contributed by atoms with Gasteiger partial charge in [-0.05, 0) is 43.2 Å². The Bertz CT molecular complexity index is 988. The van der Waals surface area contributed by atoms with Crippen LogP contribution >= 0.6 is 0 Å². The highest BCUT2D eigenvalue weighted by Crippen LogP contribution is 2.49. The van der Waals surface area contributed by atoms with E-state index in [9.17, 15) is 15.2 Å². The molecule has 7 heteroatoms. The molecule has 0 unspecified atom stereocenters. The van der Waals surface area contributed by atoms with Gasteiger partial charge in [0.05, 0.1) is 17.3 Å². The van der Waals surface area contributed by atoms with Gasteiger partial charge in [0, 0.05) is 26.2 Å². The molecule has 2 saturated heterocycles. The summed E-state index contributed by atoms with van der Waals surface area (Å²) in [7, 11) is 0. The van der Waals surface area contributed by atoms with E-state index in [0.29, 0.717) is 35.2 Å². The number of piperidine rings is 1. The molecule has 3 fully saturated rings. The molecule has 2 aromatic heterocycles. The zero-order chi connectivity index (χ0) is 18.6. The van der Waals surface area contributed by atoms with Crippen LogP contribution in [0.3, 0.4) is 0 Å². The molecule has 1 saturated carbocycles. The van der Waals surface area contributed by atoms with Crippen LogP contribution < -0.4 is 15.4 Å². The zero-order valence-electron chi connectivity index (χ0n) is 15.2. The fourth-order valence-electron chi connectivity index (χ4n) is 4.75. The average molecular weight is 365 g/mol. The first-order chi connectivity index (χ1) is 13.1. The highest BCUT2D eigenvalue weighted by atomic mass is 16.3. The van der Waals surface area contributed by atoms with Crippen molar-refractivity contribution in [3.63, 3.8) is 0 Å². The maximum absolute atomic E-state index is 12.5. The second kappa shape index (κ2) is 5.96. The summed E-state index contributed by atoms with van der Waals surface area (Å²) in [6, 6.07) is 5.82. The number of hydrogen-bond acceptors (Lipinski definition) is 6. The van der Waals surface area contributed by atoms with Crippen molar-refractivity contribution in [3.8, 4) is 6.07 Å². The number of aromatic nitrogens is 2. The van der Waals surface area contributed by atoms with Gasteiger partial charge in [-0.1, -0.05) is 6.42 Å². The lowest BCUT2D eigenvalue weighted by Gasteiger charge is -2.48. The van der Waals surface area contributed by atoms with Crippen molar-refractivity contribution >= 4 is 22.5 Å². The highest BCUT2D eigenvalue weighted by Gasteiger charge is 2.40. The molecule has 1 spiro atoms. The van der Waals surface area contributed by atoms with Crippen molar-refractivity contribution in [2.24, 2.45) is 5.41 Å². The Balaban J connectivity index is 1.58. The Hall–Kier alpha value is -2.59. The van der Waals surface area contributed by atoms with Gasteiger partial charge in [0.15, 0.2) is 0 Å². The van der Waals surface area contributed by atoms with E-state index in [2.05, 4.69) is 16.0 Å². The summed E-state index contributed by atoms with van der Waals surface area (Å²) < 4.78 is 0. The van der Waals surface area contributed by atoms with Crippen molar-refractivity contribution in [2.45, 2.75) is 38.2 Å². The molecule has 0 amide bonds. The second-order valence-corrected chi connectivity index (χ2v) is 8.25. The van der Waals surface area contributed by atoms with Gasteiger partial charge in [0.25, 0.3) is 5.56 Å². The van der Waals surface area contributed by atoms with Gasteiger partial charge < -0.3 is 19.9 Å². The molecule has 0 radical (unpaired) electrons. The first-order valence-electron chi connectivity index (χ1n) is 9.74. The molecule has 3 aliphatic rings. The van der Waals surface area contributed by atoms with Gasteiger partial charge in [-0.3, -0.25) is 4.79 Å². The third-order valence-corrected chi connectivity index (χ3v) is 6.67. The Morgan fingerprint density at radius 1 is 1.19 bits per heavy atom. The number of hydrogen-bond donors (Lipinski definition) is 2. The van der Waals surface area contributed by atoms with Crippen LogP contribution in [0.5, 0.6) is 0 Å². The van der Waals surface area contributed by atoms with Crippen molar-refractivity contribution in [1.82, 2.24) is 9.97 Å². The first kappa shape index (κ1) is 16.6. The quantitative estimate of drug-likeness (QED) is 0.842. The van der Waals surface area contributed by atoms with E-state index in [4.69, 9.17) is 4.98 Å². The number of nitrogens with zero attached hydrogens (tertiary/aromatic N) is 4. The summed E-state index contributed by atoms with van der Waals surface area (Å²) >= 11 is 0. The van der Waals surface area contributed by atoms with Gasteiger partial charge in [-0.15, -0.1) is 0 Å². The Kier molecular flexibility index (Phi) is 3.66. The minimum atomic E-state index is -0.349. The van der Waals surface area contributed by atoms with E-state index in [0.717, 1.165) is 31.7 Å². The third-order valence-electron chi connectivity index (χ3n) is 6.67. The van der Waals surface area contributed by atoms with Crippen LogP contribution in [0.25, 0.3) is 11.0 Å². The van der Waals surface area contributed by atoms with Crippen LogP contribution in [0.4, 0.5) is 11.5 Å². The fourth-order valence-corrected chi connectivity index (χ4v) is 4.75. The SMILES string of the molecule is N#Cc1c(N2CCC3(CCC3)CC2)c2nc(N3CC(O)C3)ccc2[nH]c1=O. The minimum absolute atomic E-state index is 0.153. The first-order valence-corrected chi connectivity index (χ1v) is 9.74. The van der Waals surface area contributed by atoms with Crippen molar-refractivity contribution in [1.29, 1.82) is 5.26 Å². The highest BCUT2D eigenvalue weighted by molar-refractivity contribution is 5.92. The number of nitrogens with one attached hydrogen (secondary N) is 1. The number of β-amino-alcohol motifs (C(OH)–C–C–N with tert-alkyl or cyclic N) is 1. The van der Waals surface area contributed by atoms with Crippen molar-refractivity contribution < 1.29 is 5.11 Å². The molecule has 140 valence electrons. The molecule has 0 aromatic carbocycles. The molecule has 0 bridgehead atoms. The van der Waals surface area contributed by atoms with Gasteiger partial charge in [0.2, 0.25) is 0 Å². The number of pyridine rings is 2. The number of aromatic amines is 1. The third kappa shape index (κ3) is 2.59. The topological polar surface area (TPSA) is 96.2 Å². The smallest absolute Gasteiger partial charge is 0.268 e. The van der Waals surface area contributed by atoms with Gasteiger partial charge in [-0.2, -0.15) is 5.26 Å². The van der Waals surface area contributed by atoms with Crippen LogP contribution in [0.2, 0.25) is 0 Å². The van der Waals surface area contributed by atoms with E-state index >= 15 is 0 Å². The normalized spacial score (nSPS) is 21.8. The Labute approximate surface area is 157 Å². The standard InChI is InChI=1S/C20H23N5O2/c21-10-14-18(24-8-6-20(7-9-24)4-1-5-20)17-15(22-19(14)27)2-3-16(23-17)25-11-13(26)12-25/h2-3,13,26H,1,4-9,11-12H2,(H,22,27). The summed E-state index contributed by atoms with van der Waals surface area (Å²) in [5.74, 6) is 0.775. The van der Waals surface area contributed by atoms with Gasteiger partial charge in [0.1, 0.15) is 23.0 Å². The Morgan fingerprint density at radius 3 is 2.52 bits per heavy atom. The number of rotatable bonds is 2. The van der Waals surface area contributed by atoms with Crippen LogP contribution in [-0.4, -0.2) is 47.4 Å². The van der Waals surface area contributed by atoms with Gasteiger partial charge >= 0.3 is 0 Å². The molecule has 7 nitrogen and oxygen atoms in total. The van der Waals surface area contributed by atoms with E-state index in [-0.39, 0.29) is 17.2 Å². The number of fused-ring (bicyclic) bond motifs is 1. The Morgan fingerprint density at radius 2 is 1.93 bits per heavy atom. The second-order valence-electron chi connectivity index (χ2n) is 8.25. The predicted molar refractivity (Wildman–Crippen MR) is 103 cm³/mol. The largest absolute Gasteiger partial charge is 0.389 e. The number of H-pyrrole nitrogens is 1. The molecule has 4 heterocycles. The van der Waals surface area contributed by atoms with E-state index in [1.54, 1.807) is 0 Å². The van der Waals surface area contributed by atoms with Gasteiger partial charge in [-0.25, -0.2) is 4.98 Å². The maximum Gasteiger partial charge on any atom is 0.268 e. The van der Waals surface area contributed by atoms with Crippen LogP contribution in [-0.2, 0) is 0 Å². The molecule has 2 aliphatic heterocycles. The molecule has 5 rings (SSSR count). The van der Waals surface area contributed by atoms with Crippen molar-refractivity contribution in [3.05, 3.63) is 28.0 Å². The molecule has 2 N–H and O–H groups in total. The average Bonchev–Trinajstić information content (AvgIpc) is 2.63. The summed E-state index contributed by atoms with van der Waals surface area (Å²) in [5.41, 5.74) is 2.30. The number of nitriles is 1. The zero-order valence-corrected chi connectivity index (χ0v) is 15.2. The summed E-state index contributed by atoms with van der Waals surface area (Å²) in [5, 5.41) is 19.2. The lowest BCUT2D eigenvalue weighted by Crippen LogP contribution is -2.51. The summed E-state index contributed by atoms with van der Waals surface area (Å²) in [4.78, 5) is 24.2. The van der Waals surface area contributed by atoms with E-state index < -0.39 is 0 Å². The molecule has 27 heavy (non-hydrogen) atoms. The van der Waals surface area contributed by atoms with Crippen molar-refractivity contribution in [2.75, 3.05) is 36.0 Å². The van der Waals surface area contributed by atoms with E-state index in [1.807, 2.05) is 17.0 Å². The summed E-state index contributed by atoms with van der Waals surface area (Å²) in [6.07, 6.45) is 5.86. The number of aliphatic hydroxyl groups excluding tert-OH is 1. The fraction of sp³-hybridized carbons (Fsp3) is 0.550. The lowest BCUT2D eigenvalue weighted by atomic mass is 9.63. The van der Waals surface area contributed by atoms with Crippen LogP contribution in [0.1, 0.15) is 37.7 Å². The maximum atomic E-state index is 12.5. The molecule has 0 atom stereocenters. The van der Waals surface area contributed by atoms with Crippen LogP contribution in [0.15, 0.2) is 16.9 Å². The molecule has 2 aromatic rings. The lowest BCUT2D eigenvalue weighted by molar-refractivity contribution is 0.0955.